The second-order valence-electron chi connectivity index (χ2n) is 7.57. The highest BCUT2D eigenvalue weighted by atomic mass is 16.5. The topological polar surface area (TPSA) is 84.7 Å². The molecule has 0 radical (unpaired) electrons. The van der Waals surface area contributed by atoms with Crippen LogP contribution < -0.4 is 11.1 Å². The van der Waals surface area contributed by atoms with Gasteiger partial charge in [0.1, 0.15) is 0 Å². The zero-order valence-electron chi connectivity index (χ0n) is 15.9. The van der Waals surface area contributed by atoms with Crippen molar-refractivity contribution in [2.24, 2.45) is 11.7 Å². The largest absolute Gasteiger partial charge is 0.381 e. The van der Waals surface area contributed by atoms with Gasteiger partial charge in [-0.1, -0.05) is 44.2 Å². The first-order valence-electron chi connectivity index (χ1n) is 9.32. The smallest absolute Gasteiger partial charge is 0.234 e. The van der Waals surface area contributed by atoms with Crippen LogP contribution in [-0.2, 0) is 19.7 Å². The third kappa shape index (κ3) is 6.11. The molecule has 1 aliphatic rings. The number of carbonyl (C=O) groups excluding carboxylic acids is 2. The van der Waals surface area contributed by atoms with E-state index in [0.29, 0.717) is 32.2 Å². The molecular weight excluding hydrogens is 330 g/mol. The van der Waals surface area contributed by atoms with Gasteiger partial charge in [0.05, 0.1) is 13.1 Å². The number of nitrogens with zero attached hydrogens (tertiary/aromatic N) is 1. The molecule has 1 aromatic rings. The molecule has 0 aromatic heterocycles. The van der Waals surface area contributed by atoms with Gasteiger partial charge in [-0.25, -0.2) is 0 Å². The molecule has 26 heavy (non-hydrogen) atoms. The van der Waals surface area contributed by atoms with Crippen LogP contribution in [0.2, 0.25) is 0 Å². The van der Waals surface area contributed by atoms with Gasteiger partial charge in [0, 0.05) is 31.7 Å². The van der Waals surface area contributed by atoms with E-state index >= 15 is 0 Å². The van der Waals surface area contributed by atoms with Gasteiger partial charge >= 0.3 is 0 Å². The molecule has 1 fully saturated rings. The summed E-state index contributed by atoms with van der Waals surface area (Å²) in [6, 6.07) is 10.3. The highest BCUT2D eigenvalue weighted by molar-refractivity contribution is 5.80. The first-order valence-corrected chi connectivity index (χ1v) is 9.32. The first kappa shape index (κ1) is 20.4. The minimum absolute atomic E-state index is 0.0753. The Hall–Kier alpha value is -1.92. The van der Waals surface area contributed by atoms with Crippen LogP contribution >= 0.6 is 0 Å². The van der Waals surface area contributed by atoms with Crippen LogP contribution in [0, 0.1) is 5.92 Å². The second-order valence-corrected chi connectivity index (χ2v) is 7.57. The van der Waals surface area contributed by atoms with Gasteiger partial charge in [-0.2, -0.15) is 0 Å². The lowest BCUT2D eigenvalue weighted by Gasteiger charge is -2.38. The van der Waals surface area contributed by atoms with Crippen molar-refractivity contribution in [3.8, 4) is 0 Å². The number of rotatable bonds is 9. The predicted molar refractivity (Wildman–Crippen MR) is 102 cm³/mol. The molecule has 0 unspecified atom stereocenters. The monoisotopic (exact) mass is 361 g/mol. The molecule has 3 N–H and O–H groups in total. The number of carbonyl (C=O) groups is 2. The van der Waals surface area contributed by atoms with E-state index in [1.165, 1.54) is 5.56 Å². The van der Waals surface area contributed by atoms with Gasteiger partial charge in [0.15, 0.2) is 0 Å². The highest BCUT2D eigenvalue weighted by Gasteiger charge is 2.34. The van der Waals surface area contributed by atoms with Crippen LogP contribution in [0.3, 0.4) is 0 Å². The van der Waals surface area contributed by atoms with Crippen molar-refractivity contribution in [3.63, 3.8) is 0 Å². The maximum absolute atomic E-state index is 12.5. The summed E-state index contributed by atoms with van der Waals surface area (Å²) in [5.41, 5.74) is 6.45. The highest BCUT2D eigenvalue weighted by Crippen LogP contribution is 2.34. The van der Waals surface area contributed by atoms with E-state index in [1.54, 1.807) is 0 Å². The number of nitrogens with two attached hydrogens (primary N) is 1. The second kappa shape index (κ2) is 9.69. The average molecular weight is 361 g/mol. The van der Waals surface area contributed by atoms with E-state index in [0.717, 1.165) is 12.8 Å². The summed E-state index contributed by atoms with van der Waals surface area (Å²) in [5, 5.41) is 3.08. The third-order valence-electron chi connectivity index (χ3n) is 4.83. The molecule has 0 spiro atoms. The summed E-state index contributed by atoms with van der Waals surface area (Å²) < 4.78 is 5.53. The lowest BCUT2D eigenvalue weighted by atomic mass is 9.74. The Morgan fingerprint density at radius 1 is 1.19 bits per heavy atom. The fraction of sp³-hybridized carbons (Fsp3) is 0.600. The maximum Gasteiger partial charge on any atom is 0.234 e. The quantitative estimate of drug-likeness (QED) is 0.694. The SMILES string of the molecule is CC(C)CN(CC(N)=O)CC(=O)NCC1(c2ccccc2)CCOCC1. The molecule has 0 atom stereocenters. The molecular formula is C20H31N3O3. The number of ether oxygens (including phenoxy) is 1. The number of hydrogen-bond donors (Lipinski definition) is 2. The van der Waals surface area contributed by atoms with Crippen molar-refractivity contribution >= 4 is 11.8 Å². The van der Waals surface area contributed by atoms with Crippen molar-refractivity contribution in [2.45, 2.75) is 32.1 Å². The molecule has 0 bridgehead atoms. The zero-order valence-corrected chi connectivity index (χ0v) is 15.9. The molecule has 6 heteroatoms. The molecule has 1 aliphatic heterocycles. The van der Waals surface area contributed by atoms with E-state index in [1.807, 2.05) is 23.1 Å². The first-order chi connectivity index (χ1) is 12.4. The summed E-state index contributed by atoms with van der Waals surface area (Å²) in [6.07, 6.45) is 1.77. The summed E-state index contributed by atoms with van der Waals surface area (Å²) in [5.74, 6) is -0.134. The van der Waals surface area contributed by atoms with Crippen molar-refractivity contribution in [3.05, 3.63) is 35.9 Å². The normalized spacial score (nSPS) is 16.6. The van der Waals surface area contributed by atoms with E-state index in [4.69, 9.17) is 10.5 Å². The van der Waals surface area contributed by atoms with Crippen LogP contribution in [0.4, 0.5) is 0 Å². The minimum Gasteiger partial charge on any atom is -0.381 e. The van der Waals surface area contributed by atoms with E-state index in [9.17, 15) is 9.59 Å². The Labute approximate surface area is 156 Å². The van der Waals surface area contributed by atoms with Gasteiger partial charge < -0.3 is 15.8 Å². The summed E-state index contributed by atoms with van der Waals surface area (Å²) in [7, 11) is 0. The van der Waals surface area contributed by atoms with Crippen molar-refractivity contribution in [1.82, 2.24) is 10.2 Å². The lowest BCUT2D eigenvalue weighted by Crippen LogP contribution is -2.48. The van der Waals surface area contributed by atoms with Gasteiger partial charge in [0.25, 0.3) is 0 Å². The van der Waals surface area contributed by atoms with Crippen molar-refractivity contribution in [1.29, 1.82) is 0 Å². The van der Waals surface area contributed by atoms with Crippen LogP contribution in [0.1, 0.15) is 32.3 Å². The number of benzene rings is 1. The Morgan fingerprint density at radius 2 is 1.85 bits per heavy atom. The lowest BCUT2D eigenvalue weighted by molar-refractivity contribution is -0.124. The number of hydrogen-bond acceptors (Lipinski definition) is 4. The average Bonchev–Trinajstić information content (AvgIpc) is 2.60. The van der Waals surface area contributed by atoms with E-state index in [2.05, 4.69) is 31.3 Å². The summed E-state index contributed by atoms with van der Waals surface area (Å²) >= 11 is 0. The Kier molecular flexibility index (Phi) is 7.60. The molecule has 144 valence electrons. The number of amides is 2. The molecule has 0 saturated carbocycles. The van der Waals surface area contributed by atoms with Gasteiger partial charge in [-0.3, -0.25) is 14.5 Å². The van der Waals surface area contributed by atoms with Crippen molar-refractivity contribution in [2.75, 3.05) is 39.4 Å². The van der Waals surface area contributed by atoms with E-state index < -0.39 is 5.91 Å². The van der Waals surface area contributed by atoms with Gasteiger partial charge in [-0.05, 0) is 24.3 Å². The van der Waals surface area contributed by atoms with Crippen LogP contribution in [0.5, 0.6) is 0 Å². The maximum atomic E-state index is 12.5. The van der Waals surface area contributed by atoms with Crippen LogP contribution in [0.15, 0.2) is 30.3 Å². The molecule has 1 heterocycles. The molecule has 0 aliphatic carbocycles. The summed E-state index contributed by atoms with van der Waals surface area (Å²) in [6.45, 7) is 7.03. The molecule has 1 aromatic carbocycles. The Morgan fingerprint density at radius 3 is 2.42 bits per heavy atom. The molecule has 2 amide bonds. The number of nitrogens with one attached hydrogen (secondary N) is 1. The standard InChI is InChI=1S/C20H31N3O3/c1-16(2)12-23(13-18(21)24)14-19(25)22-15-20(8-10-26-11-9-20)17-6-4-3-5-7-17/h3-7,16H,8-15H2,1-2H3,(H2,21,24)(H,22,25). The predicted octanol–water partition coefficient (Wildman–Crippen LogP) is 1.29. The molecule has 6 nitrogen and oxygen atoms in total. The fourth-order valence-electron chi connectivity index (χ4n) is 3.57. The minimum atomic E-state index is -0.413. The molecule has 2 rings (SSSR count). The summed E-state index contributed by atoms with van der Waals surface area (Å²) in [4.78, 5) is 25.6. The zero-order chi connectivity index (χ0) is 19.0. The van der Waals surface area contributed by atoms with Gasteiger partial charge in [-0.15, -0.1) is 0 Å². The molecule has 1 saturated heterocycles. The van der Waals surface area contributed by atoms with Gasteiger partial charge in [0.2, 0.25) is 11.8 Å². The van der Waals surface area contributed by atoms with Crippen LogP contribution in [-0.4, -0.2) is 56.1 Å². The van der Waals surface area contributed by atoms with Crippen molar-refractivity contribution < 1.29 is 14.3 Å². The third-order valence-corrected chi connectivity index (χ3v) is 4.83. The fourth-order valence-corrected chi connectivity index (χ4v) is 3.57. The van der Waals surface area contributed by atoms with Crippen LogP contribution in [0.25, 0.3) is 0 Å². The number of primary amides is 1. The Bertz CT molecular complexity index is 583. The van der Waals surface area contributed by atoms with E-state index in [-0.39, 0.29) is 24.4 Å². The Balaban J connectivity index is 1.99.